The Morgan fingerprint density at radius 3 is 2.61 bits per heavy atom. The van der Waals surface area contributed by atoms with Crippen LogP contribution in [0.25, 0.3) is 6.08 Å². The van der Waals surface area contributed by atoms with Gasteiger partial charge >= 0.3 is 5.97 Å². The summed E-state index contributed by atoms with van der Waals surface area (Å²) in [6.07, 6.45) is 2.14. The quantitative estimate of drug-likeness (QED) is 0.584. The van der Waals surface area contributed by atoms with Crippen LogP contribution in [-0.2, 0) is 9.53 Å². The second kappa shape index (κ2) is 7.24. The van der Waals surface area contributed by atoms with Gasteiger partial charge in [0, 0.05) is 4.47 Å². The van der Waals surface area contributed by atoms with Gasteiger partial charge in [-0.3, -0.25) is 0 Å². The molecule has 3 rings (SSSR count). The van der Waals surface area contributed by atoms with Crippen LogP contribution in [0.5, 0.6) is 5.75 Å². The molecule has 0 aromatic heterocycles. The summed E-state index contributed by atoms with van der Waals surface area (Å²) in [6.45, 7) is 0.401. The summed E-state index contributed by atoms with van der Waals surface area (Å²) in [4.78, 5) is 16.1. The molecule has 23 heavy (non-hydrogen) atoms. The van der Waals surface area contributed by atoms with Gasteiger partial charge in [-0.25, -0.2) is 9.79 Å². The van der Waals surface area contributed by atoms with E-state index in [9.17, 15) is 4.79 Å². The molecular formula is C18H14BrNO3. The van der Waals surface area contributed by atoms with Crippen molar-refractivity contribution in [1.29, 1.82) is 0 Å². The van der Waals surface area contributed by atoms with Gasteiger partial charge in [0.15, 0.2) is 5.70 Å². The summed E-state index contributed by atoms with van der Waals surface area (Å²) < 4.78 is 11.6. The lowest BCUT2D eigenvalue weighted by Crippen LogP contribution is -2.08. The van der Waals surface area contributed by atoms with E-state index in [-0.39, 0.29) is 0 Å². The van der Waals surface area contributed by atoms with Gasteiger partial charge in [-0.1, -0.05) is 52.3 Å². The molecule has 1 aliphatic rings. The molecule has 0 amide bonds. The van der Waals surface area contributed by atoms with Crippen LogP contribution in [0.1, 0.15) is 12.0 Å². The Balaban J connectivity index is 1.64. The van der Waals surface area contributed by atoms with E-state index in [1.165, 1.54) is 0 Å². The zero-order valence-corrected chi connectivity index (χ0v) is 13.8. The Bertz CT molecular complexity index is 769. The first-order valence-corrected chi connectivity index (χ1v) is 7.95. The van der Waals surface area contributed by atoms with Crippen molar-refractivity contribution in [2.45, 2.75) is 6.42 Å². The number of cyclic esters (lactones) is 1. The zero-order chi connectivity index (χ0) is 16.1. The number of hydrogen-bond acceptors (Lipinski definition) is 4. The van der Waals surface area contributed by atoms with Crippen molar-refractivity contribution >= 4 is 33.9 Å². The molecule has 2 aromatic carbocycles. The first-order valence-electron chi connectivity index (χ1n) is 7.16. The van der Waals surface area contributed by atoms with Crippen LogP contribution in [0.2, 0.25) is 0 Å². The molecule has 0 bridgehead atoms. The lowest BCUT2D eigenvalue weighted by Gasteiger charge is -2.04. The molecule has 0 aliphatic carbocycles. The van der Waals surface area contributed by atoms with E-state index >= 15 is 0 Å². The largest absolute Gasteiger partial charge is 0.493 e. The van der Waals surface area contributed by atoms with Gasteiger partial charge in [0.2, 0.25) is 5.90 Å². The summed E-state index contributed by atoms with van der Waals surface area (Å²) in [7, 11) is 0. The number of carbonyl (C=O) groups excluding carboxylic acids is 1. The molecule has 0 atom stereocenters. The fourth-order valence-electron chi connectivity index (χ4n) is 2.07. The van der Waals surface area contributed by atoms with E-state index in [1.54, 1.807) is 6.08 Å². The maximum atomic E-state index is 11.9. The predicted molar refractivity (Wildman–Crippen MR) is 92.2 cm³/mol. The minimum absolute atomic E-state index is 0.298. The van der Waals surface area contributed by atoms with E-state index in [2.05, 4.69) is 20.9 Å². The Hall–Kier alpha value is -2.40. The average Bonchev–Trinajstić information content (AvgIpc) is 2.90. The number of hydrogen-bond donors (Lipinski definition) is 0. The first kappa shape index (κ1) is 15.5. The Kier molecular flexibility index (Phi) is 4.88. The van der Waals surface area contributed by atoms with E-state index < -0.39 is 5.97 Å². The number of esters is 1. The van der Waals surface area contributed by atoms with Gasteiger partial charge in [0.25, 0.3) is 0 Å². The van der Waals surface area contributed by atoms with Gasteiger partial charge in [0.1, 0.15) is 5.75 Å². The Morgan fingerprint density at radius 2 is 1.83 bits per heavy atom. The third-order valence-corrected chi connectivity index (χ3v) is 3.91. The maximum Gasteiger partial charge on any atom is 0.363 e. The lowest BCUT2D eigenvalue weighted by molar-refractivity contribution is -0.130. The second-order valence-corrected chi connectivity index (χ2v) is 5.71. The Labute approximate surface area is 142 Å². The standard InChI is InChI=1S/C18H14BrNO3/c19-15-9-5-4-6-13(15)12-16-18(21)23-17(20-16)10-11-22-14-7-2-1-3-8-14/h1-9,12H,10-11H2/b16-12-. The van der Waals surface area contributed by atoms with E-state index in [4.69, 9.17) is 9.47 Å². The molecule has 0 radical (unpaired) electrons. The number of rotatable bonds is 5. The van der Waals surface area contributed by atoms with Gasteiger partial charge in [-0.15, -0.1) is 0 Å². The van der Waals surface area contributed by atoms with Gasteiger partial charge in [0.05, 0.1) is 13.0 Å². The van der Waals surface area contributed by atoms with E-state index in [1.807, 2.05) is 54.6 Å². The molecule has 4 nitrogen and oxygen atoms in total. The summed E-state index contributed by atoms with van der Waals surface area (Å²) in [5.74, 6) is 0.723. The normalized spacial score (nSPS) is 15.4. The number of halogens is 1. The molecule has 116 valence electrons. The zero-order valence-electron chi connectivity index (χ0n) is 12.2. The van der Waals surface area contributed by atoms with Crippen LogP contribution in [0.4, 0.5) is 0 Å². The molecule has 0 spiro atoms. The third kappa shape index (κ3) is 4.07. The molecule has 1 heterocycles. The van der Waals surface area contributed by atoms with Crippen molar-refractivity contribution in [3.63, 3.8) is 0 Å². The number of ether oxygens (including phenoxy) is 2. The van der Waals surface area contributed by atoms with Crippen LogP contribution in [0.15, 0.2) is 69.8 Å². The first-order chi connectivity index (χ1) is 11.2. The van der Waals surface area contributed by atoms with Crippen molar-refractivity contribution in [3.8, 4) is 5.75 Å². The minimum Gasteiger partial charge on any atom is -0.493 e. The van der Waals surface area contributed by atoms with Crippen molar-refractivity contribution in [2.24, 2.45) is 4.99 Å². The van der Waals surface area contributed by atoms with Crippen LogP contribution < -0.4 is 4.74 Å². The highest BCUT2D eigenvalue weighted by atomic mass is 79.9. The SMILES string of the molecule is O=C1OC(CCOc2ccccc2)=N/C1=C\c1ccccc1Br. The highest BCUT2D eigenvalue weighted by molar-refractivity contribution is 9.10. The summed E-state index contributed by atoms with van der Waals surface area (Å²) in [6, 6.07) is 17.1. The molecule has 1 aliphatic heterocycles. The van der Waals surface area contributed by atoms with E-state index in [0.29, 0.717) is 24.6 Å². The highest BCUT2D eigenvalue weighted by Gasteiger charge is 2.22. The topological polar surface area (TPSA) is 47.9 Å². The number of benzene rings is 2. The van der Waals surface area contributed by atoms with Crippen LogP contribution >= 0.6 is 15.9 Å². The van der Waals surface area contributed by atoms with Crippen LogP contribution in [-0.4, -0.2) is 18.5 Å². The summed E-state index contributed by atoms with van der Waals surface area (Å²) in [5, 5.41) is 0. The second-order valence-electron chi connectivity index (χ2n) is 4.86. The summed E-state index contributed by atoms with van der Waals surface area (Å²) in [5.41, 5.74) is 1.18. The molecule has 0 fully saturated rings. The van der Waals surface area contributed by atoms with Crippen molar-refractivity contribution in [3.05, 3.63) is 70.3 Å². The number of nitrogens with zero attached hydrogens (tertiary/aromatic N) is 1. The molecular weight excluding hydrogens is 358 g/mol. The fraction of sp³-hybridized carbons (Fsp3) is 0.111. The number of carbonyl (C=O) groups is 1. The minimum atomic E-state index is -0.435. The van der Waals surface area contributed by atoms with Crippen LogP contribution in [0.3, 0.4) is 0 Å². The van der Waals surface area contributed by atoms with Crippen molar-refractivity contribution in [1.82, 2.24) is 0 Å². The highest BCUT2D eigenvalue weighted by Crippen LogP contribution is 2.22. The fourth-order valence-corrected chi connectivity index (χ4v) is 2.47. The van der Waals surface area contributed by atoms with Gasteiger partial charge < -0.3 is 9.47 Å². The smallest absolute Gasteiger partial charge is 0.363 e. The Morgan fingerprint density at radius 1 is 1.09 bits per heavy atom. The van der Waals surface area contributed by atoms with Crippen LogP contribution in [0, 0.1) is 0 Å². The third-order valence-electron chi connectivity index (χ3n) is 3.19. The predicted octanol–water partition coefficient (Wildman–Crippen LogP) is 4.21. The summed E-state index contributed by atoms with van der Waals surface area (Å²) >= 11 is 3.44. The van der Waals surface area contributed by atoms with Crippen molar-refractivity contribution < 1.29 is 14.3 Å². The van der Waals surface area contributed by atoms with Crippen molar-refractivity contribution in [2.75, 3.05) is 6.61 Å². The van der Waals surface area contributed by atoms with Gasteiger partial charge in [-0.05, 0) is 29.8 Å². The molecule has 0 N–H and O–H groups in total. The maximum absolute atomic E-state index is 11.9. The van der Waals surface area contributed by atoms with Gasteiger partial charge in [-0.2, -0.15) is 0 Å². The monoisotopic (exact) mass is 371 g/mol. The lowest BCUT2D eigenvalue weighted by atomic mass is 10.2. The number of aliphatic imine (C=N–C) groups is 1. The molecule has 5 heteroatoms. The van der Waals surface area contributed by atoms with E-state index in [0.717, 1.165) is 15.8 Å². The molecule has 2 aromatic rings. The molecule has 0 saturated heterocycles. The molecule has 0 saturated carbocycles. The average molecular weight is 372 g/mol. The number of para-hydroxylation sites is 1. The molecule has 0 unspecified atom stereocenters.